The Kier molecular flexibility index (Phi) is 8.74. The van der Waals surface area contributed by atoms with Gasteiger partial charge in [0.2, 0.25) is 5.91 Å². The minimum absolute atomic E-state index is 0.0551. The Labute approximate surface area is 244 Å². The summed E-state index contributed by atoms with van der Waals surface area (Å²) in [5.41, 5.74) is 5.29. The first-order valence-electron chi connectivity index (χ1n) is 13.4. The normalized spacial score (nSPS) is 19.3. The lowest BCUT2D eigenvalue weighted by molar-refractivity contribution is -0.138. The van der Waals surface area contributed by atoms with E-state index in [4.69, 9.17) is 28.0 Å². The molecule has 1 N–H and O–H groups in total. The number of carbonyl (C=O) groups excluding carboxylic acids is 3. The van der Waals surface area contributed by atoms with Crippen LogP contribution in [0, 0.1) is 5.92 Å². The summed E-state index contributed by atoms with van der Waals surface area (Å²) in [6.45, 7) is 3.49. The van der Waals surface area contributed by atoms with Crippen LogP contribution in [0.2, 0.25) is 10.0 Å². The van der Waals surface area contributed by atoms with Gasteiger partial charge in [0.25, 0.3) is 11.8 Å². The average Bonchev–Trinajstić information content (AvgIpc) is 2.95. The SMILES string of the molecule is CC(=O)N1CCC(CN2C(=O)c3ccccc3[C@@H](C(=O)NOCc3ccccc3)[C@@H]2c2ccc(Cl)cc2Cl)CC1. The molecule has 2 atom stereocenters. The number of amides is 3. The lowest BCUT2D eigenvalue weighted by Gasteiger charge is -2.44. The summed E-state index contributed by atoms with van der Waals surface area (Å²) in [4.78, 5) is 49.0. The van der Waals surface area contributed by atoms with Crippen molar-refractivity contribution in [2.45, 2.75) is 38.3 Å². The first kappa shape index (κ1) is 28.1. The lowest BCUT2D eigenvalue weighted by Crippen LogP contribution is -2.50. The van der Waals surface area contributed by atoms with Crippen LogP contribution < -0.4 is 5.48 Å². The molecule has 40 heavy (non-hydrogen) atoms. The predicted molar refractivity (Wildman–Crippen MR) is 154 cm³/mol. The molecular weight excluding hydrogens is 549 g/mol. The number of nitrogens with zero attached hydrogens (tertiary/aromatic N) is 2. The number of benzene rings is 3. The van der Waals surface area contributed by atoms with Gasteiger partial charge < -0.3 is 9.80 Å². The van der Waals surface area contributed by atoms with E-state index in [1.165, 1.54) is 0 Å². The molecule has 2 aliphatic heterocycles. The fourth-order valence-electron chi connectivity index (χ4n) is 5.70. The third kappa shape index (κ3) is 6.02. The first-order valence-corrected chi connectivity index (χ1v) is 14.1. The van der Waals surface area contributed by atoms with E-state index < -0.39 is 12.0 Å². The molecule has 2 heterocycles. The highest BCUT2D eigenvalue weighted by Crippen LogP contribution is 2.46. The van der Waals surface area contributed by atoms with Crippen LogP contribution in [0.5, 0.6) is 0 Å². The molecule has 0 aliphatic carbocycles. The largest absolute Gasteiger partial charge is 0.343 e. The van der Waals surface area contributed by atoms with Gasteiger partial charge >= 0.3 is 0 Å². The molecule has 5 rings (SSSR count). The second kappa shape index (κ2) is 12.4. The maximum atomic E-state index is 14.0. The molecule has 7 nitrogen and oxygen atoms in total. The van der Waals surface area contributed by atoms with Gasteiger partial charge in [0.1, 0.15) is 0 Å². The predicted octanol–water partition coefficient (Wildman–Crippen LogP) is 5.78. The zero-order valence-electron chi connectivity index (χ0n) is 22.2. The average molecular weight is 581 g/mol. The minimum atomic E-state index is -0.777. The highest BCUT2D eigenvalue weighted by Gasteiger charge is 2.45. The molecule has 3 amide bonds. The molecule has 0 spiro atoms. The van der Waals surface area contributed by atoms with E-state index in [2.05, 4.69) is 5.48 Å². The molecule has 0 radical (unpaired) electrons. The van der Waals surface area contributed by atoms with Crippen LogP contribution >= 0.6 is 23.2 Å². The first-order chi connectivity index (χ1) is 19.3. The molecule has 0 bridgehead atoms. The summed E-state index contributed by atoms with van der Waals surface area (Å²) in [6, 6.07) is 21.2. The fourth-order valence-corrected chi connectivity index (χ4v) is 6.22. The minimum Gasteiger partial charge on any atom is -0.343 e. The summed E-state index contributed by atoms with van der Waals surface area (Å²) in [7, 11) is 0. The fraction of sp³-hybridized carbons (Fsp3) is 0.323. The van der Waals surface area contributed by atoms with Gasteiger partial charge in [-0.15, -0.1) is 0 Å². The van der Waals surface area contributed by atoms with Crippen LogP contribution in [0.25, 0.3) is 0 Å². The smallest absolute Gasteiger partial charge is 0.254 e. The van der Waals surface area contributed by atoms with E-state index in [1.54, 1.807) is 42.2 Å². The Morgan fingerprint density at radius 1 is 0.950 bits per heavy atom. The van der Waals surface area contributed by atoms with Crippen molar-refractivity contribution in [1.29, 1.82) is 0 Å². The zero-order chi connectivity index (χ0) is 28.2. The van der Waals surface area contributed by atoms with E-state index >= 15 is 0 Å². The second-order valence-electron chi connectivity index (χ2n) is 10.3. The molecule has 3 aromatic rings. The van der Waals surface area contributed by atoms with Crippen molar-refractivity contribution in [2.24, 2.45) is 5.92 Å². The molecule has 1 saturated heterocycles. The van der Waals surface area contributed by atoms with E-state index in [0.717, 1.165) is 18.4 Å². The Bertz CT molecular complexity index is 1390. The Hall–Kier alpha value is -3.39. The molecule has 208 valence electrons. The number of hydrogen-bond donors (Lipinski definition) is 1. The number of piperidine rings is 1. The van der Waals surface area contributed by atoms with Crippen molar-refractivity contribution >= 4 is 40.9 Å². The highest BCUT2D eigenvalue weighted by atomic mass is 35.5. The van der Waals surface area contributed by atoms with Crippen molar-refractivity contribution in [3.8, 4) is 0 Å². The van der Waals surface area contributed by atoms with Gasteiger partial charge in [-0.2, -0.15) is 0 Å². The van der Waals surface area contributed by atoms with Crippen molar-refractivity contribution in [2.75, 3.05) is 19.6 Å². The Morgan fingerprint density at radius 2 is 1.65 bits per heavy atom. The number of carbonyl (C=O) groups is 3. The Balaban J connectivity index is 1.49. The van der Waals surface area contributed by atoms with Crippen LogP contribution in [0.15, 0.2) is 72.8 Å². The van der Waals surface area contributed by atoms with Crippen molar-refractivity contribution in [1.82, 2.24) is 15.3 Å². The molecule has 0 saturated carbocycles. The zero-order valence-corrected chi connectivity index (χ0v) is 23.7. The topological polar surface area (TPSA) is 79.0 Å². The highest BCUT2D eigenvalue weighted by molar-refractivity contribution is 6.35. The summed E-state index contributed by atoms with van der Waals surface area (Å²) >= 11 is 13.0. The standard InChI is InChI=1S/C31H31Cl2N3O4/c1-20(37)35-15-13-21(14-16-35)18-36-29(26-12-11-23(32)17-27(26)33)28(24-9-5-6-10-25(24)31(36)39)30(38)34-40-19-22-7-3-2-4-8-22/h2-12,17,21,28-29H,13-16,18-19H2,1H3,(H,34,38)/t28-,29+/m1/s1. The number of hydroxylamine groups is 1. The molecule has 2 aliphatic rings. The number of rotatable bonds is 7. The van der Waals surface area contributed by atoms with Crippen LogP contribution in [-0.4, -0.2) is 47.2 Å². The number of nitrogens with one attached hydrogen (secondary N) is 1. The third-order valence-corrected chi connectivity index (χ3v) is 8.33. The van der Waals surface area contributed by atoms with Crippen LogP contribution in [0.4, 0.5) is 0 Å². The van der Waals surface area contributed by atoms with Crippen LogP contribution in [0.3, 0.4) is 0 Å². The maximum absolute atomic E-state index is 14.0. The number of halogens is 2. The summed E-state index contributed by atoms with van der Waals surface area (Å²) in [6.07, 6.45) is 1.53. The van der Waals surface area contributed by atoms with Gasteiger partial charge in [0, 0.05) is 42.2 Å². The summed E-state index contributed by atoms with van der Waals surface area (Å²) in [5.74, 6) is -1.09. The number of fused-ring (bicyclic) bond motifs is 1. The Morgan fingerprint density at radius 3 is 2.35 bits per heavy atom. The molecular formula is C31H31Cl2N3O4. The molecule has 0 unspecified atom stereocenters. The van der Waals surface area contributed by atoms with E-state index in [9.17, 15) is 14.4 Å². The van der Waals surface area contributed by atoms with Gasteiger partial charge in [-0.25, -0.2) is 5.48 Å². The summed E-state index contributed by atoms with van der Waals surface area (Å²) in [5, 5.41) is 0.843. The maximum Gasteiger partial charge on any atom is 0.254 e. The molecule has 1 fully saturated rings. The van der Waals surface area contributed by atoms with Crippen LogP contribution in [0.1, 0.15) is 58.8 Å². The van der Waals surface area contributed by atoms with Gasteiger partial charge in [0.05, 0.1) is 18.6 Å². The number of likely N-dealkylation sites (tertiary alicyclic amines) is 1. The van der Waals surface area contributed by atoms with Gasteiger partial charge in [-0.05, 0) is 53.6 Å². The van der Waals surface area contributed by atoms with E-state index in [0.29, 0.717) is 46.4 Å². The van der Waals surface area contributed by atoms with Crippen molar-refractivity contribution in [3.05, 3.63) is 105 Å². The summed E-state index contributed by atoms with van der Waals surface area (Å²) < 4.78 is 0. The van der Waals surface area contributed by atoms with Gasteiger partial charge in [-0.3, -0.25) is 19.2 Å². The van der Waals surface area contributed by atoms with Crippen LogP contribution in [-0.2, 0) is 21.0 Å². The molecule has 3 aromatic carbocycles. The van der Waals surface area contributed by atoms with Gasteiger partial charge in [0.15, 0.2) is 0 Å². The third-order valence-electron chi connectivity index (χ3n) is 7.77. The van der Waals surface area contributed by atoms with Crippen molar-refractivity contribution in [3.63, 3.8) is 0 Å². The number of hydrogen-bond acceptors (Lipinski definition) is 4. The monoisotopic (exact) mass is 579 g/mol. The lowest BCUT2D eigenvalue weighted by atomic mass is 9.78. The van der Waals surface area contributed by atoms with E-state index in [-0.39, 0.29) is 30.2 Å². The molecule has 9 heteroatoms. The molecule has 0 aromatic heterocycles. The quantitative estimate of drug-likeness (QED) is 0.360. The van der Waals surface area contributed by atoms with Crippen molar-refractivity contribution < 1.29 is 19.2 Å². The second-order valence-corrected chi connectivity index (χ2v) is 11.2. The van der Waals surface area contributed by atoms with Gasteiger partial charge in [-0.1, -0.05) is 77.8 Å². The van der Waals surface area contributed by atoms with E-state index in [1.807, 2.05) is 47.4 Å².